The zero-order valence-corrected chi connectivity index (χ0v) is 8.26. The fourth-order valence-electron chi connectivity index (χ4n) is 1.04. The van der Waals surface area contributed by atoms with E-state index >= 15 is 0 Å². The van der Waals surface area contributed by atoms with Crippen molar-refractivity contribution in [3.05, 3.63) is 34.9 Å². The summed E-state index contributed by atoms with van der Waals surface area (Å²) >= 11 is 3.25. The van der Waals surface area contributed by atoms with E-state index in [1.54, 1.807) is 12.1 Å². The van der Waals surface area contributed by atoms with Crippen LogP contribution in [0.2, 0.25) is 0 Å². The smallest absolute Gasteiger partial charge is 0.335 e. The van der Waals surface area contributed by atoms with Gasteiger partial charge in [0.25, 0.3) is 0 Å². The Morgan fingerprint density at radius 1 is 1.58 bits per heavy atom. The van der Waals surface area contributed by atoms with Crippen molar-refractivity contribution in [2.24, 2.45) is 0 Å². The van der Waals surface area contributed by atoms with Crippen molar-refractivity contribution < 1.29 is 9.90 Å². The van der Waals surface area contributed by atoms with Gasteiger partial charge in [-0.2, -0.15) is 0 Å². The molecule has 0 aromatic heterocycles. The second-order valence-electron chi connectivity index (χ2n) is 2.60. The van der Waals surface area contributed by atoms with Gasteiger partial charge in [0.05, 0.1) is 5.56 Å². The molecular formula is C9H9BrO2. The SMILES string of the molecule is Cc1ccc(C(=O)O)c(CBr)c1. The van der Waals surface area contributed by atoms with Crippen LogP contribution in [0.15, 0.2) is 18.2 Å². The number of aromatic carboxylic acids is 1. The van der Waals surface area contributed by atoms with Crippen LogP contribution in [0.1, 0.15) is 21.5 Å². The Hall–Kier alpha value is -0.830. The lowest BCUT2D eigenvalue weighted by Crippen LogP contribution is -2.00. The molecule has 1 N–H and O–H groups in total. The van der Waals surface area contributed by atoms with E-state index in [0.29, 0.717) is 10.9 Å². The first-order valence-electron chi connectivity index (χ1n) is 3.54. The van der Waals surface area contributed by atoms with E-state index in [9.17, 15) is 4.79 Å². The predicted octanol–water partition coefficient (Wildman–Crippen LogP) is 2.59. The summed E-state index contributed by atoms with van der Waals surface area (Å²) in [6, 6.07) is 5.31. The Kier molecular flexibility index (Phi) is 2.87. The summed E-state index contributed by atoms with van der Waals surface area (Å²) in [6.45, 7) is 1.94. The molecule has 0 aliphatic rings. The molecule has 0 heterocycles. The van der Waals surface area contributed by atoms with Crippen molar-refractivity contribution in [1.29, 1.82) is 0 Å². The quantitative estimate of drug-likeness (QED) is 0.791. The molecule has 0 saturated carbocycles. The molecule has 0 atom stereocenters. The Labute approximate surface area is 79.3 Å². The predicted molar refractivity (Wildman–Crippen MR) is 50.8 cm³/mol. The number of alkyl halides is 1. The number of carbonyl (C=O) groups is 1. The third kappa shape index (κ3) is 1.85. The maximum absolute atomic E-state index is 10.7. The molecule has 0 bridgehead atoms. The van der Waals surface area contributed by atoms with Crippen molar-refractivity contribution in [1.82, 2.24) is 0 Å². The molecule has 12 heavy (non-hydrogen) atoms. The Bertz CT molecular complexity index is 307. The van der Waals surface area contributed by atoms with Gasteiger partial charge in [-0.3, -0.25) is 0 Å². The van der Waals surface area contributed by atoms with Crippen molar-refractivity contribution in [2.75, 3.05) is 0 Å². The average Bonchev–Trinajstić information content (AvgIpc) is 2.03. The van der Waals surface area contributed by atoms with Gasteiger partial charge in [0.15, 0.2) is 0 Å². The van der Waals surface area contributed by atoms with Crippen LogP contribution in [0.3, 0.4) is 0 Å². The van der Waals surface area contributed by atoms with E-state index in [0.717, 1.165) is 11.1 Å². The van der Waals surface area contributed by atoms with E-state index in [4.69, 9.17) is 5.11 Å². The second kappa shape index (κ2) is 3.72. The number of aryl methyl sites for hydroxylation is 1. The van der Waals surface area contributed by atoms with E-state index in [1.165, 1.54) is 0 Å². The second-order valence-corrected chi connectivity index (χ2v) is 3.16. The molecule has 1 rings (SSSR count). The third-order valence-electron chi connectivity index (χ3n) is 1.64. The summed E-state index contributed by atoms with van der Waals surface area (Å²) in [5.74, 6) is -0.871. The summed E-state index contributed by atoms with van der Waals surface area (Å²) < 4.78 is 0. The van der Waals surface area contributed by atoms with E-state index in [2.05, 4.69) is 15.9 Å². The lowest BCUT2D eigenvalue weighted by atomic mass is 10.1. The van der Waals surface area contributed by atoms with Gasteiger partial charge in [0.2, 0.25) is 0 Å². The van der Waals surface area contributed by atoms with E-state index < -0.39 is 5.97 Å². The number of benzene rings is 1. The lowest BCUT2D eigenvalue weighted by molar-refractivity contribution is 0.0696. The highest BCUT2D eigenvalue weighted by Gasteiger charge is 2.07. The molecule has 1 aromatic rings. The molecule has 0 aliphatic heterocycles. The minimum atomic E-state index is -0.871. The summed E-state index contributed by atoms with van der Waals surface area (Å²) in [4.78, 5) is 10.7. The van der Waals surface area contributed by atoms with Gasteiger partial charge in [-0.15, -0.1) is 0 Å². The van der Waals surface area contributed by atoms with Crippen LogP contribution in [0, 0.1) is 6.92 Å². The Morgan fingerprint density at radius 3 is 2.75 bits per heavy atom. The van der Waals surface area contributed by atoms with Crippen molar-refractivity contribution in [3.63, 3.8) is 0 Å². The van der Waals surface area contributed by atoms with E-state index in [-0.39, 0.29) is 0 Å². The third-order valence-corrected chi connectivity index (χ3v) is 2.24. The summed E-state index contributed by atoms with van der Waals surface area (Å²) in [5, 5.41) is 9.35. The largest absolute Gasteiger partial charge is 0.478 e. The molecule has 0 amide bonds. The zero-order chi connectivity index (χ0) is 9.14. The van der Waals surface area contributed by atoms with Crippen LogP contribution in [0.4, 0.5) is 0 Å². The van der Waals surface area contributed by atoms with E-state index in [1.807, 2.05) is 13.0 Å². The van der Waals surface area contributed by atoms with Gasteiger partial charge in [0, 0.05) is 5.33 Å². The topological polar surface area (TPSA) is 37.3 Å². The van der Waals surface area contributed by atoms with Crippen LogP contribution in [0.5, 0.6) is 0 Å². The number of halogens is 1. The molecule has 0 saturated heterocycles. The average molecular weight is 229 g/mol. The highest BCUT2D eigenvalue weighted by atomic mass is 79.9. The molecule has 0 spiro atoms. The molecule has 0 aliphatic carbocycles. The summed E-state index contributed by atoms with van der Waals surface area (Å²) in [7, 11) is 0. The molecular weight excluding hydrogens is 220 g/mol. The minimum Gasteiger partial charge on any atom is -0.478 e. The number of hydrogen-bond donors (Lipinski definition) is 1. The lowest BCUT2D eigenvalue weighted by Gasteiger charge is -2.02. The zero-order valence-electron chi connectivity index (χ0n) is 6.67. The first kappa shape index (κ1) is 9.26. The molecule has 1 aromatic carbocycles. The van der Waals surface area contributed by atoms with Crippen LogP contribution in [-0.4, -0.2) is 11.1 Å². The van der Waals surface area contributed by atoms with Crippen LogP contribution in [0.25, 0.3) is 0 Å². The van der Waals surface area contributed by atoms with Crippen molar-refractivity contribution >= 4 is 21.9 Å². The fourth-order valence-corrected chi connectivity index (χ4v) is 1.51. The van der Waals surface area contributed by atoms with Crippen molar-refractivity contribution in [2.45, 2.75) is 12.3 Å². The van der Waals surface area contributed by atoms with Crippen LogP contribution >= 0.6 is 15.9 Å². The van der Waals surface area contributed by atoms with Gasteiger partial charge >= 0.3 is 5.97 Å². The van der Waals surface area contributed by atoms with Gasteiger partial charge < -0.3 is 5.11 Å². The first-order chi connectivity index (χ1) is 5.65. The first-order valence-corrected chi connectivity index (χ1v) is 4.66. The highest BCUT2D eigenvalue weighted by molar-refractivity contribution is 9.08. The summed E-state index contributed by atoms with van der Waals surface area (Å²) in [6.07, 6.45) is 0. The normalized spacial score (nSPS) is 9.83. The van der Waals surface area contributed by atoms with Gasteiger partial charge in [-0.1, -0.05) is 33.6 Å². The number of carboxylic acids is 1. The van der Waals surface area contributed by atoms with Crippen LogP contribution < -0.4 is 0 Å². The van der Waals surface area contributed by atoms with Gasteiger partial charge in [-0.25, -0.2) is 4.79 Å². The maximum Gasteiger partial charge on any atom is 0.335 e. The van der Waals surface area contributed by atoms with Gasteiger partial charge in [0.1, 0.15) is 0 Å². The maximum atomic E-state index is 10.7. The monoisotopic (exact) mass is 228 g/mol. The highest BCUT2D eigenvalue weighted by Crippen LogP contribution is 2.14. The standard InChI is InChI=1S/C9H9BrO2/c1-6-2-3-8(9(11)12)7(4-6)5-10/h2-4H,5H2,1H3,(H,11,12). The Morgan fingerprint density at radius 2 is 2.25 bits per heavy atom. The Balaban J connectivity index is 3.20. The molecule has 64 valence electrons. The molecule has 0 radical (unpaired) electrons. The minimum absolute atomic E-state index is 0.373. The van der Waals surface area contributed by atoms with Crippen molar-refractivity contribution in [3.8, 4) is 0 Å². The molecule has 0 unspecified atom stereocenters. The summed E-state index contributed by atoms with van der Waals surface area (Å²) in [5.41, 5.74) is 2.27. The molecule has 3 heteroatoms. The fraction of sp³-hybridized carbons (Fsp3) is 0.222. The van der Waals surface area contributed by atoms with Gasteiger partial charge in [-0.05, 0) is 18.6 Å². The molecule has 2 nitrogen and oxygen atoms in total. The van der Waals surface area contributed by atoms with Crippen LogP contribution in [-0.2, 0) is 5.33 Å². The number of rotatable bonds is 2. The number of hydrogen-bond acceptors (Lipinski definition) is 1. The molecule has 0 fully saturated rings. The number of carboxylic acid groups (broad SMARTS) is 1.